The first-order chi connectivity index (χ1) is 12.7. The molecule has 1 aromatic carbocycles. The molecule has 1 aliphatic heterocycles. The number of hydrogen-bond donors (Lipinski definition) is 1. The Morgan fingerprint density at radius 1 is 1.33 bits per heavy atom. The van der Waals surface area contributed by atoms with Gasteiger partial charge in [-0.3, -0.25) is 14.4 Å². The van der Waals surface area contributed by atoms with Crippen LogP contribution in [0.4, 0.5) is 0 Å². The normalized spacial score (nSPS) is 15.9. The molecule has 148 valence electrons. The van der Waals surface area contributed by atoms with Crippen molar-refractivity contribution in [2.45, 2.75) is 32.8 Å². The zero-order valence-corrected chi connectivity index (χ0v) is 16.5. The van der Waals surface area contributed by atoms with E-state index in [4.69, 9.17) is 21.4 Å². The summed E-state index contributed by atoms with van der Waals surface area (Å²) in [6, 6.07) is 5.15. The molecule has 1 saturated heterocycles. The van der Waals surface area contributed by atoms with Gasteiger partial charge in [0.15, 0.2) is 6.10 Å². The van der Waals surface area contributed by atoms with Gasteiger partial charge >= 0.3 is 5.97 Å². The van der Waals surface area contributed by atoms with Crippen LogP contribution in [0, 0.1) is 12.8 Å². The van der Waals surface area contributed by atoms with Crippen LogP contribution in [0.25, 0.3) is 0 Å². The SMILES string of the molecule is Cc1cc(OC(C)C(=O)N(C)CC(=O)N2CCC(C(=O)O)CC2)ccc1Cl. The highest BCUT2D eigenvalue weighted by molar-refractivity contribution is 6.31. The molecule has 8 heteroatoms. The van der Waals surface area contributed by atoms with Gasteiger partial charge in [0.1, 0.15) is 5.75 Å². The Bertz CT molecular complexity index is 716. The lowest BCUT2D eigenvalue weighted by Gasteiger charge is -2.31. The lowest BCUT2D eigenvalue weighted by molar-refractivity contribution is -0.147. The average Bonchev–Trinajstić information content (AvgIpc) is 2.64. The molecule has 27 heavy (non-hydrogen) atoms. The Balaban J connectivity index is 1.86. The second-order valence-corrected chi connectivity index (χ2v) is 7.27. The van der Waals surface area contributed by atoms with Crippen LogP contribution >= 0.6 is 11.6 Å². The number of halogens is 1. The van der Waals surface area contributed by atoms with Crippen molar-refractivity contribution in [3.63, 3.8) is 0 Å². The highest BCUT2D eigenvalue weighted by atomic mass is 35.5. The van der Waals surface area contributed by atoms with Gasteiger partial charge in [0, 0.05) is 25.2 Å². The molecule has 1 aromatic rings. The highest BCUT2D eigenvalue weighted by Gasteiger charge is 2.29. The van der Waals surface area contributed by atoms with E-state index in [0.717, 1.165) is 5.56 Å². The fourth-order valence-electron chi connectivity index (χ4n) is 3.01. The first-order valence-corrected chi connectivity index (χ1v) is 9.25. The number of nitrogens with zero attached hydrogens (tertiary/aromatic N) is 2. The maximum atomic E-state index is 12.5. The molecule has 1 aliphatic rings. The average molecular weight is 397 g/mol. The number of carboxylic acids is 1. The molecule has 0 saturated carbocycles. The maximum Gasteiger partial charge on any atom is 0.306 e. The van der Waals surface area contributed by atoms with Gasteiger partial charge in [-0.1, -0.05) is 11.6 Å². The molecule has 0 bridgehead atoms. The molecule has 1 unspecified atom stereocenters. The van der Waals surface area contributed by atoms with Gasteiger partial charge in [-0.25, -0.2) is 0 Å². The van der Waals surface area contributed by atoms with E-state index in [1.165, 1.54) is 4.90 Å². The Kier molecular flexibility index (Phi) is 7.07. The summed E-state index contributed by atoms with van der Waals surface area (Å²) in [6.45, 7) is 4.21. The number of benzene rings is 1. The molecule has 1 N–H and O–H groups in total. The number of piperidine rings is 1. The summed E-state index contributed by atoms with van der Waals surface area (Å²) in [5.74, 6) is -1.18. The largest absolute Gasteiger partial charge is 0.481 e. The number of aliphatic carboxylic acids is 1. The molecule has 0 radical (unpaired) electrons. The van der Waals surface area contributed by atoms with Crippen molar-refractivity contribution < 1.29 is 24.2 Å². The van der Waals surface area contributed by atoms with E-state index < -0.39 is 18.0 Å². The zero-order chi connectivity index (χ0) is 20.1. The summed E-state index contributed by atoms with van der Waals surface area (Å²) < 4.78 is 5.66. The fraction of sp³-hybridized carbons (Fsp3) is 0.526. The number of aryl methyl sites for hydroxylation is 1. The molecule has 7 nitrogen and oxygen atoms in total. The number of hydrogen-bond acceptors (Lipinski definition) is 4. The van der Waals surface area contributed by atoms with Crippen molar-refractivity contribution >= 4 is 29.4 Å². The summed E-state index contributed by atoms with van der Waals surface area (Å²) in [5.41, 5.74) is 0.849. The third-order valence-corrected chi connectivity index (χ3v) is 5.16. The van der Waals surface area contributed by atoms with Crippen molar-refractivity contribution in [2.24, 2.45) is 5.92 Å². The molecule has 1 fully saturated rings. The number of likely N-dealkylation sites (N-methyl/N-ethyl adjacent to an activating group) is 1. The van der Waals surface area contributed by atoms with E-state index >= 15 is 0 Å². The van der Waals surface area contributed by atoms with Gasteiger partial charge in [0.05, 0.1) is 12.5 Å². The van der Waals surface area contributed by atoms with E-state index in [1.807, 2.05) is 6.92 Å². The van der Waals surface area contributed by atoms with E-state index in [2.05, 4.69) is 0 Å². The predicted molar refractivity (Wildman–Crippen MR) is 101 cm³/mol. The van der Waals surface area contributed by atoms with Gasteiger partial charge in [0.25, 0.3) is 5.91 Å². The minimum absolute atomic E-state index is 0.0656. The van der Waals surface area contributed by atoms with Crippen LogP contribution in [-0.2, 0) is 14.4 Å². The molecule has 0 spiro atoms. The summed E-state index contributed by atoms with van der Waals surface area (Å²) in [6.07, 6.45) is 0.128. The van der Waals surface area contributed by atoms with E-state index in [1.54, 1.807) is 37.1 Å². The number of likely N-dealkylation sites (tertiary alicyclic amines) is 1. The summed E-state index contributed by atoms with van der Waals surface area (Å²) in [7, 11) is 1.55. The van der Waals surface area contributed by atoms with Gasteiger partial charge in [-0.15, -0.1) is 0 Å². The van der Waals surface area contributed by atoms with Crippen LogP contribution in [0.15, 0.2) is 18.2 Å². The van der Waals surface area contributed by atoms with Crippen LogP contribution in [0.2, 0.25) is 5.02 Å². The third-order valence-electron chi connectivity index (χ3n) is 4.74. The lowest BCUT2D eigenvalue weighted by Crippen LogP contribution is -2.47. The van der Waals surface area contributed by atoms with Gasteiger partial charge < -0.3 is 19.6 Å². The minimum atomic E-state index is -0.821. The zero-order valence-electron chi connectivity index (χ0n) is 15.8. The summed E-state index contributed by atoms with van der Waals surface area (Å²) in [5, 5.41) is 9.64. The molecule has 1 heterocycles. The second kappa shape index (κ2) is 9.08. The number of carbonyl (C=O) groups is 3. The number of carboxylic acid groups (broad SMARTS) is 1. The Morgan fingerprint density at radius 2 is 1.96 bits per heavy atom. The van der Waals surface area contributed by atoms with Crippen molar-refractivity contribution in [1.29, 1.82) is 0 Å². The smallest absolute Gasteiger partial charge is 0.306 e. The Hall–Kier alpha value is -2.28. The number of carbonyl (C=O) groups excluding carboxylic acids is 2. The lowest BCUT2D eigenvalue weighted by atomic mass is 9.97. The third kappa shape index (κ3) is 5.60. The highest BCUT2D eigenvalue weighted by Crippen LogP contribution is 2.22. The molecule has 1 atom stereocenters. The molecule has 0 aliphatic carbocycles. The number of amides is 2. The minimum Gasteiger partial charge on any atom is -0.481 e. The van der Waals surface area contributed by atoms with Gasteiger partial charge in [-0.2, -0.15) is 0 Å². The van der Waals surface area contributed by atoms with Crippen molar-refractivity contribution in [1.82, 2.24) is 9.80 Å². The number of ether oxygens (including phenoxy) is 1. The fourth-order valence-corrected chi connectivity index (χ4v) is 3.13. The molecule has 0 aromatic heterocycles. The van der Waals surface area contributed by atoms with Crippen LogP contribution in [0.3, 0.4) is 0 Å². The van der Waals surface area contributed by atoms with Crippen molar-refractivity contribution in [2.75, 3.05) is 26.7 Å². The molecular formula is C19H25ClN2O5. The molecule has 2 rings (SSSR count). The standard InChI is InChI=1S/C19H25ClN2O5/c1-12-10-15(4-5-16(12)20)27-13(2)18(24)21(3)11-17(23)22-8-6-14(7-9-22)19(25)26/h4-5,10,13-14H,6-9,11H2,1-3H3,(H,25,26). The monoisotopic (exact) mass is 396 g/mol. The first kappa shape index (κ1) is 21.0. The van der Waals surface area contributed by atoms with E-state index in [-0.39, 0.29) is 18.4 Å². The van der Waals surface area contributed by atoms with Gasteiger partial charge in [-0.05, 0) is 50.5 Å². The molecule has 2 amide bonds. The maximum absolute atomic E-state index is 12.5. The predicted octanol–water partition coefficient (Wildman–Crippen LogP) is 2.20. The van der Waals surface area contributed by atoms with Crippen LogP contribution in [-0.4, -0.2) is 65.5 Å². The van der Waals surface area contributed by atoms with Crippen LogP contribution < -0.4 is 4.74 Å². The quantitative estimate of drug-likeness (QED) is 0.796. The van der Waals surface area contributed by atoms with Gasteiger partial charge in [0.2, 0.25) is 5.91 Å². The first-order valence-electron chi connectivity index (χ1n) is 8.87. The van der Waals surface area contributed by atoms with Crippen LogP contribution in [0.5, 0.6) is 5.75 Å². The van der Waals surface area contributed by atoms with E-state index in [9.17, 15) is 14.4 Å². The Labute approximate surface area is 163 Å². The molecular weight excluding hydrogens is 372 g/mol. The van der Waals surface area contributed by atoms with E-state index in [0.29, 0.717) is 36.7 Å². The van der Waals surface area contributed by atoms with Crippen LogP contribution in [0.1, 0.15) is 25.3 Å². The summed E-state index contributed by atoms with van der Waals surface area (Å²) in [4.78, 5) is 38.8. The topological polar surface area (TPSA) is 87.2 Å². The van der Waals surface area contributed by atoms with Crippen molar-refractivity contribution in [3.05, 3.63) is 28.8 Å². The summed E-state index contributed by atoms with van der Waals surface area (Å²) >= 11 is 5.98. The number of rotatable bonds is 6. The van der Waals surface area contributed by atoms with Crippen molar-refractivity contribution in [3.8, 4) is 5.75 Å². The Morgan fingerprint density at radius 3 is 2.52 bits per heavy atom. The second-order valence-electron chi connectivity index (χ2n) is 6.86.